The summed E-state index contributed by atoms with van der Waals surface area (Å²) in [5.74, 6) is 1.09. The van der Waals surface area contributed by atoms with Crippen LogP contribution in [0.3, 0.4) is 0 Å². The third kappa shape index (κ3) is 7.50. The fourth-order valence-corrected chi connectivity index (χ4v) is 15.8. The number of fused-ring (bicyclic) bond motifs is 9. The van der Waals surface area contributed by atoms with Gasteiger partial charge in [0.05, 0.1) is 11.4 Å². The summed E-state index contributed by atoms with van der Waals surface area (Å²) in [5, 5.41) is 1.43. The predicted octanol–water partition coefficient (Wildman–Crippen LogP) is 18.3. The SMILES string of the molecule is Cc1cc(C(C)(C)C)ccc1N1c2cc3c(cc2B2c4sc5cc6c(cc5c4N(c4cc5c(cc4C4=CCCC=C4)C(C)(C)CCC5(C)C)c4cc(C(C)(C)C)cc1c42)C(C)CC[C@H]6C)C(C)(C)CCC3(C)C. The second kappa shape index (κ2) is 16.1. The Bertz CT molecular complexity index is 3390. The van der Waals surface area contributed by atoms with Crippen molar-refractivity contribution in [3.63, 3.8) is 0 Å². The molecule has 6 aromatic rings. The fraction of sp³-hybridized carbons (Fsp3) is 0.478. The van der Waals surface area contributed by atoms with E-state index in [0.29, 0.717) is 11.8 Å². The van der Waals surface area contributed by atoms with Gasteiger partial charge in [-0.1, -0.05) is 147 Å². The lowest BCUT2D eigenvalue weighted by atomic mass is 9.35. The van der Waals surface area contributed by atoms with Gasteiger partial charge in [0, 0.05) is 43.2 Å². The van der Waals surface area contributed by atoms with E-state index >= 15 is 0 Å². The molecule has 2 aliphatic heterocycles. The summed E-state index contributed by atoms with van der Waals surface area (Å²) in [4.78, 5) is 5.62. The van der Waals surface area contributed by atoms with Gasteiger partial charge >= 0.3 is 0 Å². The van der Waals surface area contributed by atoms with Crippen LogP contribution in [0.2, 0.25) is 0 Å². The molecule has 5 aromatic carbocycles. The molecular weight excluding hydrogens is 900 g/mol. The van der Waals surface area contributed by atoms with Crippen LogP contribution in [0.1, 0.15) is 230 Å². The zero-order chi connectivity index (χ0) is 51.9. The zero-order valence-corrected chi connectivity index (χ0v) is 48.6. The van der Waals surface area contributed by atoms with Crippen molar-refractivity contribution in [1.29, 1.82) is 0 Å². The molecule has 0 N–H and O–H groups in total. The first kappa shape index (κ1) is 49.1. The minimum Gasteiger partial charge on any atom is -0.311 e. The first-order valence-electron chi connectivity index (χ1n) is 28.4. The number of benzene rings is 5. The maximum absolute atomic E-state index is 2.86. The third-order valence-electron chi connectivity index (χ3n) is 19.6. The minimum absolute atomic E-state index is 0.0380. The number of hydrogen-bond donors (Lipinski definition) is 0. The van der Waals surface area contributed by atoms with Crippen molar-refractivity contribution in [2.75, 3.05) is 9.80 Å². The van der Waals surface area contributed by atoms with E-state index in [9.17, 15) is 0 Å². The van der Waals surface area contributed by atoms with Gasteiger partial charge in [0.2, 0.25) is 0 Å². The molecule has 0 saturated heterocycles. The Hall–Kier alpha value is -4.80. The van der Waals surface area contributed by atoms with E-state index in [0.717, 1.165) is 12.8 Å². The standard InChI is InChI=1S/C69H83BN2S/c1-40-23-24-41(2)47-36-60-49(34-46(40)47)62-63(73-60)70-54-37-51-53(69(16,17)30-28-67(51,12)13)39-57(54)71(55-26-25-44(31-42(55)3)64(4,5)6)58-32-45(65(7,8)9)33-59(61(58)70)72(62)56-38-52-50(66(10,11)27-29-68(52,14)15)35-48(56)43-21-19-18-20-22-43/h19,21-22,25-26,31-41H,18,20,23-24,27-30H2,1-17H3/t40?,41-/m1/s1. The van der Waals surface area contributed by atoms with Crippen molar-refractivity contribution in [2.45, 2.75) is 213 Å². The molecule has 0 amide bonds. The van der Waals surface area contributed by atoms with E-state index in [4.69, 9.17) is 0 Å². The summed E-state index contributed by atoms with van der Waals surface area (Å²) in [7, 11) is 0. The number of rotatable bonds is 3. The molecule has 0 radical (unpaired) electrons. The lowest BCUT2D eigenvalue weighted by Gasteiger charge is -2.48. The molecule has 0 saturated carbocycles. The summed E-state index contributed by atoms with van der Waals surface area (Å²) in [5.41, 5.74) is 27.2. The first-order valence-corrected chi connectivity index (χ1v) is 29.2. The minimum atomic E-state index is -0.118. The number of thiophene rings is 1. The van der Waals surface area contributed by atoms with Crippen LogP contribution >= 0.6 is 11.3 Å². The zero-order valence-electron chi connectivity index (χ0n) is 47.8. The van der Waals surface area contributed by atoms with E-state index in [-0.39, 0.29) is 39.2 Å². The average molecular weight is 983 g/mol. The topological polar surface area (TPSA) is 6.48 Å². The van der Waals surface area contributed by atoms with Crippen LogP contribution in [0.25, 0.3) is 15.7 Å². The van der Waals surface area contributed by atoms with Crippen molar-refractivity contribution >= 4 is 83.5 Å². The van der Waals surface area contributed by atoms with E-state index < -0.39 is 0 Å². The molecule has 73 heavy (non-hydrogen) atoms. The van der Waals surface area contributed by atoms with Crippen molar-refractivity contribution in [1.82, 2.24) is 0 Å². The summed E-state index contributed by atoms with van der Waals surface area (Å²) >= 11 is 2.11. The lowest BCUT2D eigenvalue weighted by molar-refractivity contribution is 0.332. The van der Waals surface area contributed by atoms with E-state index in [1.165, 1.54) is 143 Å². The Morgan fingerprint density at radius 1 is 0.562 bits per heavy atom. The normalized spacial score (nSPS) is 22.0. The summed E-state index contributed by atoms with van der Waals surface area (Å²) in [6, 6.07) is 28.9. The van der Waals surface area contributed by atoms with E-state index in [2.05, 4.69) is 224 Å². The molecule has 0 fully saturated rings. The average Bonchev–Trinajstić information content (AvgIpc) is 3.70. The highest BCUT2D eigenvalue weighted by Gasteiger charge is 2.50. The van der Waals surface area contributed by atoms with E-state index in [1.54, 1.807) is 16.7 Å². The van der Waals surface area contributed by atoms with Gasteiger partial charge in [-0.15, -0.1) is 11.3 Å². The van der Waals surface area contributed by atoms with Crippen molar-refractivity contribution < 1.29 is 0 Å². The quantitative estimate of drug-likeness (QED) is 0.163. The second-order valence-electron chi connectivity index (χ2n) is 28.8. The highest BCUT2D eigenvalue weighted by Crippen LogP contribution is 2.57. The maximum Gasteiger partial charge on any atom is 0.264 e. The molecule has 4 heteroatoms. The maximum atomic E-state index is 2.86. The summed E-state index contributed by atoms with van der Waals surface area (Å²) in [6.07, 6.45) is 16.8. The Balaban J connectivity index is 1.27. The van der Waals surface area contributed by atoms with Crippen LogP contribution in [0.15, 0.2) is 85.0 Å². The number of nitrogens with zero attached hydrogens (tertiary/aromatic N) is 2. The van der Waals surface area contributed by atoms with Crippen molar-refractivity contribution in [2.24, 2.45) is 0 Å². The van der Waals surface area contributed by atoms with Crippen LogP contribution < -0.4 is 25.5 Å². The molecule has 12 rings (SSSR count). The highest BCUT2D eigenvalue weighted by atomic mass is 32.1. The molecular formula is C69H83BN2S. The van der Waals surface area contributed by atoms with Crippen LogP contribution in [0.5, 0.6) is 0 Å². The highest BCUT2D eigenvalue weighted by molar-refractivity contribution is 7.33. The molecule has 2 nitrogen and oxygen atoms in total. The number of hydrogen-bond acceptors (Lipinski definition) is 3. The second-order valence-corrected chi connectivity index (χ2v) is 29.8. The van der Waals surface area contributed by atoms with Crippen LogP contribution in [-0.2, 0) is 32.5 Å². The Labute approximate surface area is 444 Å². The van der Waals surface area contributed by atoms with Gasteiger partial charge in [0.25, 0.3) is 6.71 Å². The number of anilines is 6. The molecule has 378 valence electrons. The predicted molar refractivity (Wildman–Crippen MR) is 321 cm³/mol. The Morgan fingerprint density at radius 3 is 1.67 bits per heavy atom. The van der Waals surface area contributed by atoms with Crippen LogP contribution in [0.4, 0.5) is 34.1 Å². The number of aryl methyl sites for hydroxylation is 1. The van der Waals surface area contributed by atoms with Gasteiger partial charge < -0.3 is 9.80 Å². The van der Waals surface area contributed by atoms with Gasteiger partial charge in [-0.2, -0.15) is 0 Å². The monoisotopic (exact) mass is 983 g/mol. The molecule has 4 aliphatic carbocycles. The summed E-state index contributed by atoms with van der Waals surface area (Å²) in [6.45, 7) is 41.9. The first-order chi connectivity index (χ1) is 34.2. The molecule has 3 heterocycles. The Morgan fingerprint density at radius 2 is 1.11 bits per heavy atom. The van der Waals surface area contributed by atoms with E-state index in [1.807, 2.05) is 0 Å². The molecule has 2 atom stereocenters. The Kier molecular flexibility index (Phi) is 10.8. The number of allylic oxidation sites excluding steroid dienone is 4. The molecule has 1 aromatic heterocycles. The van der Waals surface area contributed by atoms with Crippen molar-refractivity contribution in [3.8, 4) is 0 Å². The molecule has 1 unspecified atom stereocenters. The van der Waals surface area contributed by atoms with Crippen LogP contribution in [0, 0.1) is 6.92 Å². The van der Waals surface area contributed by atoms with Gasteiger partial charge in [-0.3, -0.25) is 0 Å². The van der Waals surface area contributed by atoms with Crippen LogP contribution in [-0.4, -0.2) is 6.71 Å². The van der Waals surface area contributed by atoms with Gasteiger partial charge in [-0.05, 0) is 218 Å². The van der Waals surface area contributed by atoms with Gasteiger partial charge in [0.1, 0.15) is 0 Å². The third-order valence-corrected chi connectivity index (χ3v) is 20.8. The lowest BCUT2D eigenvalue weighted by Crippen LogP contribution is -2.61. The van der Waals surface area contributed by atoms with Crippen molar-refractivity contribution in [3.05, 3.63) is 141 Å². The molecule has 0 bridgehead atoms. The largest absolute Gasteiger partial charge is 0.311 e. The summed E-state index contributed by atoms with van der Waals surface area (Å²) < 4.78 is 2.94. The fourth-order valence-electron chi connectivity index (χ4n) is 14.4. The molecule has 0 spiro atoms. The molecule has 6 aliphatic rings. The van der Waals surface area contributed by atoms with Gasteiger partial charge in [0.15, 0.2) is 0 Å². The van der Waals surface area contributed by atoms with Gasteiger partial charge in [-0.25, -0.2) is 0 Å². The smallest absolute Gasteiger partial charge is 0.264 e.